The third kappa shape index (κ3) is 4.28. The summed E-state index contributed by atoms with van der Waals surface area (Å²) < 4.78 is 5.44. The number of aliphatic carboxylic acids is 1. The van der Waals surface area contributed by atoms with Crippen molar-refractivity contribution < 1.29 is 19.4 Å². The zero-order valence-corrected chi connectivity index (χ0v) is 15.5. The highest BCUT2D eigenvalue weighted by atomic mass is 35.5. The molecule has 2 aromatic carbocycles. The standard InChI is InChI=1S/C20H19ClN2O4/c1-27-18-8-3-2-7-15(18)17-12-16(13-5-4-6-14(21)11-13)22-23(17)19(24)9-10-20(25)26/h2-8,11,17H,9-10,12H2,1H3,(H,25,26)/t17-/m0/s1. The van der Waals surface area contributed by atoms with E-state index < -0.39 is 5.97 Å². The summed E-state index contributed by atoms with van der Waals surface area (Å²) in [7, 11) is 1.57. The molecule has 3 rings (SSSR count). The molecule has 2 aromatic rings. The van der Waals surface area contributed by atoms with E-state index in [0.29, 0.717) is 17.2 Å². The minimum absolute atomic E-state index is 0.118. The van der Waals surface area contributed by atoms with Crippen LogP contribution in [0.25, 0.3) is 0 Å². The zero-order valence-electron chi connectivity index (χ0n) is 14.8. The number of carboxylic acids is 1. The number of carbonyl (C=O) groups is 2. The Bertz CT molecular complexity index is 897. The quantitative estimate of drug-likeness (QED) is 0.816. The molecular formula is C20H19ClN2O4. The monoisotopic (exact) mass is 386 g/mol. The van der Waals surface area contributed by atoms with Gasteiger partial charge in [0.15, 0.2) is 0 Å². The van der Waals surface area contributed by atoms with Crippen LogP contribution in [0.4, 0.5) is 0 Å². The van der Waals surface area contributed by atoms with Crippen LogP contribution in [0.15, 0.2) is 53.6 Å². The lowest BCUT2D eigenvalue weighted by Crippen LogP contribution is -2.27. The second kappa shape index (κ2) is 8.22. The maximum Gasteiger partial charge on any atom is 0.303 e. The molecule has 1 aliphatic rings. The Morgan fingerprint density at radius 3 is 2.70 bits per heavy atom. The Morgan fingerprint density at radius 2 is 2.00 bits per heavy atom. The Hall–Kier alpha value is -2.86. The Labute approximate surface area is 162 Å². The topological polar surface area (TPSA) is 79.2 Å². The number of hydrogen-bond donors (Lipinski definition) is 1. The normalized spacial score (nSPS) is 16.1. The first-order valence-electron chi connectivity index (χ1n) is 8.49. The fraction of sp³-hybridized carbons (Fsp3) is 0.250. The Balaban J connectivity index is 1.96. The number of carbonyl (C=O) groups excluding carboxylic acids is 1. The number of hydrogen-bond acceptors (Lipinski definition) is 4. The molecule has 6 nitrogen and oxygen atoms in total. The summed E-state index contributed by atoms with van der Waals surface area (Å²) in [6, 6.07) is 14.4. The van der Waals surface area contributed by atoms with Gasteiger partial charge in [0.25, 0.3) is 0 Å². The fourth-order valence-electron chi connectivity index (χ4n) is 3.10. The van der Waals surface area contributed by atoms with Crippen molar-refractivity contribution in [3.63, 3.8) is 0 Å². The zero-order chi connectivity index (χ0) is 19.4. The summed E-state index contributed by atoms with van der Waals surface area (Å²) in [6.07, 6.45) is 0.128. The summed E-state index contributed by atoms with van der Waals surface area (Å²) >= 11 is 6.09. The van der Waals surface area contributed by atoms with Crippen molar-refractivity contribution in [3.05, 3.63) is 64.7 Å². The van der Waals surface area contributed by atoms with Gasteiger partial charge in [0.05, 0.1) is 25.3 Å². The average Bonchev–Trinajstić information content (AvgIpc) is 3.11. The van der Waals surface area contributed by atoms with Crippen molar-refractivity contribution in [1.82, 2.24) is 5.01 Å². The van der Waals surface area contributed by atoms with Crippen LogP contribution in [-0.4, -0.2) is 34.8 Å². The first-order valence-corrected chi connectivity index (χ1v) is 8.87. The van der Waals surface area contributed by atoms with Crippen LogP contribution in [0, 0.1) is 0 Å². The lowest BCUT2D eigenvalue weighted by molar-refractivity contribution is -0.141. The highest BCUT2D eigenvalue weighted by Gasteiger charge is 2.34. The van der Waals surface area contributed by atoms with Gasteiger partial charge >= 0.3 is 5.97 Å². The Morgan fingerprint density at radius 1 is 1.22 bits per heavy atom. The number of para-hydroxylation sites is 1. The highest BCUT2D eigenvalue weighted by molar-refractivity contribution is 6.31. The van der Waals surface area contributed by atoms with Crippen LogP contribution in [0.3, 0.4) is 0 Å². The number of methoxy groups -OCH3 is 1. The number of benzene rings is 2. The molecule has 1 amide bonds. The fourth-order valence-corrected chi connectivity index (χ4v) is 3.29. The van der Waals surface area contributed by atoms with Crippen molar-refractivity contribution in [2.75, 3.05) is 7.11 Å². The molecule has 0 radical (unpaired) electrons. The lowest BCUT2D eigenvalue weighted by Gasteiger charge is -2.23. The number of ether oxygens (including phenoxy) is 1. The van der Waals surface area contributed by atoms with E-state index in [1.165, 1.54) is 5.01 Å². The van der Waals surface area contributed by atoms with Gasteiger partial charge in [-0.3, -0.25) is 9.59 Å². The van der Waals surface area contributed by atoms with Gasteiger partial charge in [0.2, 0.25) is 5.91 Å². The van der Waals surface area contributed by atoms with Crippen LogP contribution in [0.1, 0.15) is 36.4 Å². The third-order valence-corrected chi connectivity index (χ3v) is 4.61. The molecule has 0 saturated carbocycles. The molecule has 0 aromatic heterocycles. The van der Waals surface area contributed by atoms with E-state index in [4.69, 9.17) is 21.4 Å². The second-order valence-corrected chi connectivity index (χ2v) is 6.59. The molecule has 1 heterocycles. The van der Waals surface area contributed by atoms with Gasteiger partial charge in [0.1, 0.15) is 5.75 Å². The summed E-state index contributed by atoms with van der Waals surface area (Å²) in [5.41, 5.74) is 2.37. The molecular weight excluding hydrogens is 368 g/mol. The van der Waals surface area contributed by atoms with Gasteiger partial charge in [0, 0.05) is 23.4 Å². The van der Waals surface area contributed by atoms with E-state index >= 15 is 0 Å². The van der Waals surface area contributed by atoms with Gasteiger partial charge in [-0.2, -0.15) is 5.10 Å². The van der Waals surface area contributed by atoms with Gasteiger partial charge in [-0.05, 0) is 23.8 Å². The van der Waals surface area contributed by atoms with Crippen LogP contribution in [0.5, 0.6) is 5.75 Å². The molecule has 0 saturated heterocycles. The van der Waals surface area contributed by atoms with Crippen molar-refractivity contribution in [2.45, 2.75) is 25.3 Å². The molecule has 0 bridgehead atoms. The number of amides is 1. The van der Waals surface area contributed by atoms with E-state index in [1.54, 1.807) is 19.2 Å². The molecule has 0 fully saturated rings. The molecule has 1 aliphatic heterocycles. The summed E-state index contributed by atoms with van der Waals surface area (Å²) in [5.74, 6) is -0.707. The minimum Gasteiger partial charge on any atom is -0.496 e. The van der Waals surface area contributed by atoms with E-state index in [2.05, 4.69) is 5.10 Å². The maximum atomic E-state index is 12.7. The first kappa shape index (κ1) is 18.9. The molecule has 27 heavy (non-hydrogen) atoms. The van der Waals surface area contributed by atoms with E-state index in [1.807, 2.05) is 36.4 Å². The number of rotatable bonds is 6. The molecule has 1 atom stereocenters. The van der Waals surface area contributed by atoms with Crippen LogP contribution >= 0.6 is 11.6 Å². The predicted molar refractivity (Wildman–Crippen MR) is 102 cm³/mol. The van der Waals surface area contributed by atoms with Crippen LogP contribution < -0.4 is 4.74 Å². The van der Waals surface area contributed by atoms with Crippen molar-refractivity contribution >= 4 is 29.2 Å². The number of nitrogens with zero attached hydrogens (tertiary/aromatic N) is 2. The van der Waals surface area contributed by atoms with Gasteiger partial charge in [-0.1, -0.05) is 41.9 Å². The summed E-state index contributed by atoms with van der Waals surface area (Å²) in [5, 5.41) is 15.3. The van der Waals surface area contributed by atoms with E-state index in [9.17, 15) is 9.59 Å². The third-order valence-electron chi connectivity index (χ3n) is 4.37. The highest BCUT2D eigenvalue weighted by Crippen LogP contribution is 2.38. The van der Waals surface area contributed by atoms with Gasteiger partial charge in [-0.25, -0.2) is 5.01 Å². The average molecular weight is 387 g/mol. The molecule has 0 aliphatic carbocycles. The molecule has 0 spiro atoms. The molecule has 140 valence electrons. The summed E-state index contributed by atoms with van der Waals surface area (Å²) in [6.45, 7) is 0. The second-order valence-electron chi connectivity index (χ2n) is 6.15. The Kier molecular flexibility index (Phi) is 5.76. The first-order chi connectivity index (χ1) is 13.0. The van der Waals surface area contributed by atoms with Crippen molar-refractivity contribution in [3.8, 4) is 5.75 Å². The predicted octanol–water partition coefficient (Wildman–Crippen LogP) is 3.89. The van der Waals surface area contributed by atoms with Crippen LogP contribution in [0.2, 0.25) is 5.02 Å². The number of carboxylic acid groups (broad SMARTS) is 1. The van der Waals surface area contributed by atoms with Gasteiger partial charge < -0.3 is 9.84 Å². The number of halogens is 1. The molecule has 7 heteroatoms. The van der Waals surface area contributed by atoms with Crippen molar-refractivity contribution in [2.24, 2.45) is 5.10 Å². The minimum atomic E-state index is -1.02. The van der Waals surface area contributed by atoms with Crippen LogP contribution in [-0.2, 0) is 9.59 Å². The maximum absolute atomic E-state index is 12.7. The van der Waals surface area contributed by atoms with E-state index in [-0.39, 0.29) is 24.8 Å². The lowest BCUT2D eigenvalue weighted by atomic mass is 9.97. The largest absolute Gasteiger partial charge is 0.496 e. The SMILES string of the molecule is COc1ccccc1[C@@H]1CC(c2cccc(Cl)c2)=NN1C(=O)CCC(=O)O. The summed E-state index contributed by atoms with van der Waals surface area (Å²) in [4.78, 5) is 23.5. The van der Waals surface area contributed by atoms with Gasteiger partial charge in [-0.15, -0.1) is 0 Å². The van der Waals surface area contributed by atoms with Crippen molar-refractivity contribution in [1.29, 1.82) is 0 Å². The molecule has 0 unspecified atom stereocenters. The smallest absolute Gasteiger partial charge is 0.303 e. The van der Waals surface area contributed by atoms with E-state index in [0.717, 1.165) is 16.8 Å². The number of hydrazone groups is 1. The molecule has 1 N–H and O–H groups in total.